The molecule has 20 heavy (non-hydrogen) atoms. The van der Waals surface area contributed by atoms with Crippen LogP contribution >= 0.6 is 0 Å². The highest BCUT2D eigenvalue weighted by atomic mass is 16.7. The van der Waals surface area contributed by atoms with E-state index < -0.39 is 0 Å². The first-order valence-corrected chi connectivity index (χ1v) is 6.65. The first-order chi connectivity index (χ1) is 9.70. The summed E-state index contributed by atoms with van der Waals surface area (Å²) < 4.78 is 10.7. The highest BCUT2D eigenvalue weighted by molar-refractivity contribution is 5.56. The maximum Gasteiger partial charge on any atom is 0.231 e. The third-order valence-electron chi connectivity index (χ3n) is 3.26. The van der Waals surface area contributed by atoms with Gasteiger partial charge in [-0.05, 0) is 43.2 Å². The van der Waals surface area contributed by atoms with Gasteiger partial charge in [-0.25, -0.2) is 0 Å². The van der Waals surface area contributed by atoms with Gasteiger partial charge in [0, 0.05) is 17.8 Å². The van der Waals surface area contributed by atoms with E-state index in [4.69, 9.17) is 9.47 Å². The molecule has 3 rings (SSSR count). The van der Waals surface area contributed by atoms with Crippen molar-refractivity contribution in [3.05, 3.63) is 48.0 Å². The molecular weight excluding hydrogens is 254 g/mol. The molecule has 2 aromatic rings. The fraction of sp³-hybridized carbons (Fsp3) is 0.250. The summed E-state index contributed by atoms with van der Waals surface area (Å²) >= 11 is 0. The SMILES string of the molecule is CC(Cc1ccc(O)cc1)Nc1ccc2c(c1)OCO2. The smallest absolute Gasteiger partial charge is 0.231 e. The number of fused-ring (bicyclic) bond motifs is 1. The van der Waals surface area contributed by atoms with Crippen molar-refractivity contribution >= 4 is 5.69 Å². The highest BCUT2D eigenvalue weighted by Crippen LogP contribution is 2.34. The Kier molecular flexibility index (Phi) is 3.37. The molecule has 2 N–H and O–H groups in total. The van der Waals surface area contributed by atoms with Crippen LogP contribution in [0.4, 0.5) is 5.69 Å². The standard InChI is InChI=1S/C16H17NO3/c1-11(8-12-2-5-14(18)6-3-12)17-13-4-7-15-16(9-13)20-10-19-15/h2-7,9,11,17-18H,8,10H2,1H3. The number of rotatable bonds is 4. The summed E-state index contributed by atoms with van der Waals surface area (Å²) in [6, 6.07) is 13.4. The van der Waals surface area contributed by atoms with Crippen LogP contribution < -0.4 is 14.8 Å². The molecule has 1 aliphatic rings. The average molecular weight is 271 g/mol. The van der Waals surface area contributed by atoms with Gasteiger partial charge in [0.25, 0.3) is 0 Å². The summed E-state index contributed by atoms with van der Waals surface area (Å²) in [6.07, 6.45) is 0.884. The Bertz CT molecular complexity index is 595. The predicted octanol–water partition coefficient (Wildman–Crippen LogP) is 3.16. The minimum absolute atomic E-state index is 0.278. The molecule has 104 valence electrons. The van der Waals surface area contributed by atoms with Crippen molar-refractivity contribution in [2.24, 2.45) is 0 Å². The molecule has 1 heterocycles. The van der Waals surface area contributed by atoms with Gasteiger partial charge in [0.1, 0.15) is 5.75 Å². The molecule has 0 saturated carbocycles. The van der Waals surface area contributed by atoms with Crippen LogP contribution in [0.5, 0.6) is 17.2 Å². The van der Waals surface area contributed by atoms with Crippen LogP contribution in [0.3, 0.4) is 0 Å². The van der Waals surface area contributed by atoms with Crippen LogP contribution in [-0.2, 0) is 6.42 Å². The number of hydrogen-bond donors (Lipinski definition) is 2. The van der Waals surface area contributed by atoms with Crippen LogP contribution in [-0.4, -0.2) is 17.9 Å². The van der Waals surface area contributed by atoms with E-state index in [9.17, 15) is 5.11 Å². The van der Waals surface area contributed by atoms with Crippen molar-refractivity contribution in [1.82, 2.24) is 0 Å². The highest BCUT2D eigenvalue weighted by Gasteiger charge is 2.14. The fourth-order valence-corrected chi connectivity index (χ4v) is 2.31. The number of phenolic OH excluding ortho intramolecular Hbond substituents is 1. The van der Waals surface area contributed by atoms with Gasteiger partial charge in [-0.3, -0.25) is 0 Å². The van der Waals surface area contributed by atoms with E-state index in [1.165, 1.54) is 5.56 Å². The van der Waals surface area contributed by atoms with Crippen molar-refractivity contribution in [3.63, 3.8) is 0 Å². The number of nitrogens with one attached hydrogen (secondary N) is 1. The molecule has 4 heteroatoms. The van der Waals surface area contributed by atoms with Crippen LogP contribution in [0.15, 0.2) is 42.5 Å². The Morgan fingerprint density at radius 2 is 1.85 bits per heavy atom. The first kappa shape index (κ1) is 12.7. The van der Waals surface area contributed by atoms with Gasteiger partial charge in [-0.1, -0.05) is 12.1 Å². The van der Waals surface area contributed by atoms with E-state index in [1.54, 1.807) is 12.1 Å². The molecule has 0 radical (unpaired) electrons. The lowest BCUT2D eigenvalue weighted by Gasteiger charge is -2.15. The quantitative estimate of drug-likeness (QED) is 0.896. The molecule has 0 aliphatic carbocycles. The lowest BCUT2D eigenvalue weighted by atomic mass is 10.1. The second-order valence-electron chi connectivity index (χ2n) is 4.98. The molecule has 2 aromatic carbocycles. The second-order valence-corrected chi connectivity index (χ2v) is 4.98. The number of hydrogen-bond acceptors (Lipinski definition) is 4. The Balaban J connectivity index is 1.63. The minimum atomic E-state index is 0.278. The maximum atomic E-state index is 9.27. The molecule has 0 fully saturated rings. The number of anilines is 1. The van der Waals surface area contributed by atoms with E-state index in [0.717, 1.165) is 23.6 Å². The molecule has 0 saturated heterocycles. The number of phenols is 1. The topological polar surface area (TPSA) is 50.7 Å². The molecule has 1 unspecified atom stereocenters. The minimum Gasteiger partial charge on any atom is -0.508 e. The number of aromatic hydroxyl groups is 1. The lowest BCUT2D eigenvalue weighted by molar-refractivity contribution is 0.174. The van der Waals surface area contributed by atoms with Crippen LogP contribution in [0.25, 0.3) is 0 Å². The lowest BCUT2D eigenvalue weighted by Crippen LogP contribution is -2.17. The number of ether oxygens (including phenoxy) is 2. The summed E-state index contributed by atoms with van der Waals surface area (Å²) in [5, 5.41) is 12.7. The molecule has 0 amide bonds. The van der Waals surface area contributed by atoms with Crippen LogP contribution in [0.1, 0.15) is 12.5 Å². The summed E-state index contributed by atoms with van der Waals surface area (Å²) in [5.41, 5.74) is 2.20. The number of benzene rings is 2. The van der Waals surface area contributed by atoms with E-state index in [1.807, 2.05) is 30.3 Å². The largest absolute Gasteiger partial charge is 0.508 e. The summed E-state index contributed by atoms with van der Waals surface area (Å²) in [7, 11) is 0. The molecular formula is C16H17NO3. The Hall–Kier alpha value is -2.36. The van der Waals surface area contributed by atoms with Gasteiger partial charge in [-0.2, -0.15) is 0 Å². The zero-order valence-corrected chi connectivity index (χ0v) is 11.3. The van der Waals surface area contributed by atoms with Crippen molar-refractivity contribution in [2.45, 2.75) is 19.4 Å². The monoisotopic (exact) mass is 271 g/mol. The maximum absolute atomic E-state index is 9.27. The van der Waals surface area contributed by atoms with Crippen molar-refractivity contribution in [3.8, 4) is 17.2 Å². The molecule has 4 nitrogen and oxygen atoms in total. The summed E-state index contributed by atoms with van der Waals surface area (Å²) in [4.78, 5) is 0. The van der Waals surface area contributed by atoms with Gasteiger partial charge in [0.2, 0.25) is 6.79 Å². The van der Waals surface area contributed by atoms with Crippen molar-refractivity contribution < 1.29 is 14.6 Å². The van der Waals surface area contributed by atoms with E-state index in [0.29, 0.717) is 12.5 Å². The molecule has 0 bridgehead atoms. The summed E-state index contributed by atoms with van der Waals surface area (Å²) in [5.74, 6) is 1.87. The van der Waals surface area contributed by atoms with Gasteiger partial charge in [0.15, 0.2) is 11.5 Å². The van der Waals surface area contributed by atoms with E-state index >= 15 is 0 Å². The Labute approximate surface area is 118 Å². The molecule has 1 atom stereocenters. The van der Waals surface area contributed by atoms with Gasteiger partial charge < -0.3 is 19.9 Å². The van der Waals surface area contributed by atoms with Gasteiger partial charge >= 0.3 is 0 Å². The van der Waals surface area contributed by atoms with Gasteiger partial charge in [-0.15, -0.1) is 0 Å². The average Bonchev–Trinajstić information content (AvgIpc) is 2.89. The third kappa shape index (κ3) is 2.79. The normalized spacial score (nSPS) is 14.1. The van der Waals surface area contributed by atoms with E-state index in [2.05, 4.69) is 12.2 Å². The molecule has 1 aliphatic heterocycles. The zero-order valence-electron chi connectivity index (χ0n) is 11.3. The molecule has 0 spiro atoms. The Morgan fingerprint density at radius 3 is 2.65 bits per heavy atom. The fourth-order valence-electron chi connectivity index (χ4n) is 2.31. The predicted molar refractivity (Wildman–Crippen MR) is 77.5 cm³/mol. The van der Waals surface area contributed by atoms with Crippen LogP contribution in [0.2, 0.25) is 0 Å². The third-order valence-corrected chi connectivity index (χ3v) is 3.26. The van der Waals surface area contributed by atoms with Crippen molar-refractivity contribution in [1.29, 1.82) is 0 Å². The first-order valence-electron chi connectivity index (χ1n) is 6.65. The Morgan fingerprint density at radius 1 is 1.10 bits per heavy atom. The van der Waals surface area contributed by atoms with Gasteiger partial charge in [0.05, 0.1) is 0 Å². The molecule has 0 aromatic heterocycles. The second kappa shape index (κ2) is 5.33. The summed E-state index contributed by atoms with van der Waals surface area (Å²) in [6.45, 7) is 2.42. The zero-order chi connectivity index (χ0) is 13.9. The van der Waals surface area contributed by atoms with Crippen LogP contribution in [0, 0.1) is 0 Å². The van der Waals surface area contributed by atoms with Crippen molar-refractivity contribution in [2.75, 3.05) is 12.1 Å². The van der Waals surface area contributed by atoms with E-state index in [-0.39, 0.29) is 6.04 Å².